The van der Waals surface area contributed by atoms with E-state index in [1.165, 1.54) is 11.3 Å². The number of hydrogen-bond donors (Lipinski definition) is 1. The first-order chi connectivity index (χ1) is 7.21. The van der Waals surface area contributed by atoms with E-state index in [1.54, 1.807) is 0 Å². The van der Waals surface area contributed by atoms with Crippen LogP contribution in [0.15, 0.2) is 0 Å². The van der Waals surface area contributed by atoms with Gasteiger partial charge in [-0.15, -0.1) is 11.3 Å². The Kier molecular flexibility index (Phi) is 3.73. The van der Waals surface area contributed by atoms with Crippen LogP contribution < -0.4 is 0 Å². The summed E-state index contributed by atoms with van der Waals surface area (Å²) in [6.07, 6.45) is 0.0803. The van der Waals surface area contributed by atoms with E-state index in [0.717, 1.165) is 15.6 Å². The van der Waals surface area contributed by atoms with Gasteiger partial charge >= 0.3 is 5.97 Å². The molecule has 0 atom stereocenters. The zero-order chi connectivity index (χ0) is 12.5. The molecular weight excluding hydrogens is 222 g/mol. The summed E-state index contributed by atoms with van der Waals surface area (Å²) in [4.78, 5) is 16.3. The Morgan fingerprint density at radius 2 is 2.00 bits per heavy atom. The molecule has 0 aliphatic rings. The summed E-state index contributed by atoms with van der Waals surface area (Å²) >= 11 is 1.53. The van der Waals surface area contributed by atoms with Gasteiger partial charge in [0.05, 0.1) is 17.1 Å². The van der Waals surface area contributed by atoms with E-state index in [1.807, 2.05) is 0 Å². The van der Waals surface area contributed by atoms with Gasteiger partial charge in [-0.3, -0.25) is 4.79 Å². The van der Waals surface area contributed by atoms with Crippen LogP contribution in [0.1, 0.15) is 56.1 Å². The van der Waals surface area contributed by atoms with Gasteiger partial charge in [0.2, 0.25) is 0 Å². The molecule has 0 aliphatic carbocycles. The molecule has 1 rings (SSSR count). The first-order valence-corrected chi connectivity index (χ1v) is 6.25. The average Bonchev–Trinajstić information content (AvgIpc) is 2.45. The van der Waals surface area contributed by atoms with Crippen molar-refractivity contribution in [3.8, 4) is 0 Å². The van der Waals surface area contributed by atoms with Gasteiger partial charge < -0.3 is 5.11 Å². The first-order valence-electron chi connectivity index (χ1n) is 5.43. The fourth-order valence-corrected chi connectivity index (χ4v) is 2.73. The van der Waals surface area contributed by atoms with Crippen molar-refractivity contribution >= 4 is 17.3 Å². The number of carbonyl (C=O) groups is 1. The third kappa shape index (κ3) is 3.04. The van der Waals surface area contributed by atoms with Gasteiger partial charge in [-0.05, 0) is 0 Å². The molecule has 1 N–H and O–H groups in total. The largest absolute Gasteiger partial charge is 0.481 e. The predicted molar refractivity (Wildman–Crippen MR) is 66.2 cm³/mol. The van der Waals surface area contributed by atoms with Crippen LogP contribution in [0.3, 0.4) is 0 Å². The second kappa shape index (κ2) is 4.53. The lowest BCUT2D eigenvalue weighted by atomic mass is 9.91. The first kappa shape index (κ1) is 13.2. The van der Waals surface area contributed by atoms with Gasteiger partial charge in [0.1, 0.15) is 0 Å². The average molecular weight is 241 g/mol. The minimum atomic E-state index is -0.788. The summed E-state index contributed by atoms with van der Waals surface area (Å²) in [6.45, 7) is 10.4. The van der Waals surface area contributed by atoms with Crippen LogP contribution in [-0.4, -0.2) is 16.1 Å². The molecule has 0 fully saturated rings. The highest BCUT2D eigenvalue weighted by molar-refractivity contribution is 7.12. The van der Waals surface area contributed by atoms with E-state index in [9.17, 15) is 4.79 Å². The van der Waals surface area contributed by atoms with Gasteiger partial charge in [-0.25, -0.2) is 4.98 Å². The molecule has 1 aromatic rings. The number of nitrogens with zero attached hydrogens (tertiary/aromatic N) is 1. The lowest BCUT2D eigenvalue weighted by molar-refractivity contribution is -0.136. The van der Waals surface area contributed by atoms with Crippen LogP contribution in [0.2, 0.25) is 0 Å². The Hall–Kier alpha value is -0.900. The highest BCUT2D eigenvalue weighted by Crippen LogP contribution is 2.32. The predicted octanol–water partition coefficient (Wildman–Crippen LogP) is 3.19. The Labute approximate surface area is 101 Å². The number of carboxylic acids is 1. The smallest absolute Gasteiger partial charge is 0.308 e. The van der Waals surface area contributed by atoms with Crippen molar-refractivity contribution in [3.05, 3.63) is 15.6 Å². The molecule has 3 nitrogen and oxygen atoms in total. The Morgan fingerprint density at radius 1 is 1.44 bits per heavy atom. The second-order valence-corrected chi connectivity index (χ2v) is 6.41. The van der Waals surface area contributed by atoms with Crippen molar-refractivity contribution in [3.63, 3.8) is 0 Å². The van der Waals surface area contributed by atoms with Gasteiger partial charge in [0, 0.05) is 16.2 Å². The number of rotatable bonds is 3. The van der Waals surface area contributed by atoms with Gasteiger partial charge in [-0.2, -0.15) is 0 Å². The SMILES string of the molecule is CC(C)c1nc(C(C)(C)C)c(CC(=O)O)s1. The molecule has 0 spiro atoms. The number of aromatic nitrogens is 1. The number of carboxylic acid groups (broad SMARTS) is 1. The summed E-state index contributed by atoms with van der Waals surface area (Å²) in [5, 5.41) is 9.91. The zero-order valence-corrected chi connectivity index (χ0v) is 11.3. The van der Waals surface area contributed by atoms with Crippen LogP contribution in [0, 0.1) is 0 Å². The quantitative estimate of drug-likeness (QED) is 0.884. The molecule has 0 aliphatic heterocycles. The topological polar surface area (TPSA) is 50.2 Å². The van der Waals surface area contributed by atoms with Gasteiger partial charge in [0.25, 0.3) is 0 Å². The molecule has 0 aromatic carbocycles. The van der Waals surface area contributed by atoms with Crippen molar-refractivity contribution in [1.82, 2.24) is 4.98 Å². The van der Waals surface area contributed by atoms with E-state index in [4.69, 9.17) is 5.11 Å². The Balaban J connectivity index is 3.18. The Morgan fingerprint density at radius 3 is 2.38 bits per heavy atom. The number of aliphatic carboxylic acids is 1. The normalized spacial score (nSPS) is 12.1. The third-order valence-corrected chi connectivity index (χ3v) is 3.59. The van der Waals surface area contributed by atoms with Crippen LogP contribution in [0.4, 0.5) is 0 Å². The van der Waals surface area contributed by atoms with E-state index in [2.05, 4.69) is 39.6 Å². The lowest BCUT2D eigenvalue weighted by Crippen LogP contribution is -2.15. The summed E-state index contributed by atoms with van der Waals surface area (Å²) in [5.41, 5.74) is 0.845. The molecule has 1 aromatic heterocycles. The zero-order valence-electron chi connectivity index (χ0n) is 10.5. The second-order valence-electron chi connectivity index (χ2n) is 5.30. The number of hydrogen-bond acceptors (Lipinski definition) is 3. The van der Waals surface area contributed by atoms with Crippen LogP contribution in [-0.2, 0) is 16.6 Å². The molecule has 4 heteroatoms. The van der Waals surface area contributed by atoms with Crippen molar-refractivity contribution in [2.24, 2.45) is 0 Å². The monoisotopic (exact) mass is 241 g/mol. The molecule has 0 saturated carbocycles. The van der Waals surface area contributed by atoms with Crippen molar-refractivity contribution in [1.29, 1.82) is 0 Å². The highest BCUT2D eigenvalue weighted by atomic mass is 32.1. The maximum Gasteiger partial charge on any atom is 0.308 e. The summed E-state index contributed by atoms with van der Waals surface area (Å²) < 4.78 is 0. The maximum absolute atomic E-state index is 10.8. The molecule has 1 heterocycles. The molecule has 90 valence electrons. The molecule has 0 saturated heterocycles. The number of thiazole rings is 1. The van der Waals surface area contributed by atoms with Crippen molar-refractivity contribution < 1.29 is 9.90 Å². The van der Waals surface area contributed by atoms with Crippen LogP contribution >= 0.6 is 11.3 Å². The van der Waals surface area contributed by atoms with Crippen LogP contribution in [0.5, 0.6) is 0 Å². The maximum atomic E-state index is 10.8. The highest BCUT2D eigenvalue weighted by Gasteiger charge is 2.24. The fourth-order valence-electron chi connectivity index (χ4n) is 1.46. The lowest BCUT2D eigenvalue weighted by Gasteiger charge is -2.17. The minimum absolute atomic E-state index is 0.0803. The molecular formula is C12H19NO2S. The van der Waals surface area contributed by atoms with Crippen LogP contribution in [0.25, 0.3) is 0 Å². The minimum Gasteiger partial charge on any atom is -0.481 e. The van der Waals surface area contributed by atoms with Crippen molar-refractivity contribution in [2.75, 3.05) is 0 Å². The molecule has 0 bridgehead atoms. The third-order valence-electron chi connectivity index (χ3n) is 2.23. The van der Waals surface area contributed by atoms with E-state index < -0.39 is 5.97 Å². The fraction of sp³-hybridized carbons (Fsp3) is 0.667. The van der Waals surface area contributed by atoms with E-state index in [0.29, 0.717) is 5.92 Å². The van der Waals surface area contributed by atoms with E-state index in [-0.39, 0.29) is 11.8 Å². The molecule has 0 unspecified atom stereocenters. The van der Waals surface area contributed by atoms with Gasteiger partial charge in [-0.1, -0.05) is 34.6 Å². The standard InChI is InChI=1S/C12H19NO2S/c1-7(2)11-13-10(12(3,4)5)8(16-11)6-9(14)15/h7H,6H2,1-5H3,(H,14,15). The Bertz CT molecular complexity index is 388. The summed E-state index contributed by atoms with van der Waals surface area (Å²) in [7, 11) is 0. The molecule has 0 radical (unpaired) electrons. The summed E-state index contributed by atoms with van der Waals surface area (Å²) in [6, 6.07) is 0. The van der Waals surface area contributed by atoms with Gasteiger partial charge in [0.15, 0.2) is 0 Å². The van der Waals surface area contributed by atoms with E-state index >= 15 is 0 Å². The summed E-state index contributed by atoms with van der Waals surface area (Å²) in [5.74, 6) is -0.432. The van der Waals surface area contributed by atoms with Crippen molar-refractivity contribution in [2.45, 2.75) is 52.4 Å². The molecule has 0 amide bonds. The molecule has 16 heavy (non-hydrogen) atoms.